The molecule has 0 heterocycles. The van der Waals surface area contributed by atoms with E-state index >= 15 is 0 Å². The van der Waals surface area contributed by atoms with Crippen LogP contribution in [0.25, 0.3) is 0 Å². The average molecular weight is 482 g/mol. The van der Waals surface area contributed by atoms with E-state index in [2.05, 4.69) is 11.4 Å². The van der Waals surface area contributed by atoms with Crippen molar-refractivity contribution in [1.29, 1.82) is 0 Å². The zero-order valence-corrected chi connectivity index (χ0v) is 20.9. The number of aryl methyl sites for hydroxylation is 2. The van der Waals surface area contributed by atoms with Gasteiger partial charge in [0.15, 0.2) is 0 Å². The summed E-state index contributed by atoms with van der Waals surface area (Å²) >= 11 is 0. The molecule has 0 saturated heterocycles. The van der Waals surface area contributed by atoms with Crippen LogP contribution in [-0.2, 0) is 13.2 Å². The maximum atomic E-state index is 13.0. The van der Waals surface area contributed by atoms with Crippen molar-refractivity contribution in [2.24, 2.45) is 0 Å². The Labute approximate surface area is 212 Å². The molecule has 1 N–H and O–H groups in total. The molecule has 0 saturated carbocycles. The van der Waals surface area contributed by atoms with Gasteiger partial charge in [-0.1, -0.05) is 36.4 Å². The first-order chi connectivity index (χ1) is 17.5. The van der Waals surface area contributed by atoms with Crippen molar-refractivity contribution in [2.75, 3.05) is 11.9 Å². The Bertz CT molecular complexity index is 1280. The highest BCUT2D eigenvalue weighted by molar-refractivity contribution is 6.04. The van der Waals surface area contributed by atoms with E-state index < -0.39 is 0 Å². The van der Waals surface area contributed by atoms with Crippen molar-refractivity contribution < 1.29 is 19.0 Å². The predicted molar refractivity (Wildman–Crippen MR) is 143 cm³/mol. The molecule has 0 aliphatic heterocycles. The summed E-state index contributed by atoms with van der Waals surface area (Å²) < 4.78 is 17.6. The van der Waals surface area contributed by atoms with Crippen LogP contribution in [0.5, 0.6) is 17.2 Å². The fraction of sp³-hybridized carbons (Fsp3) is 0.194. The van der Waals surface area contributed by atoms with Crippen LogP contribution in [0.15, 0.2) is 91.0 Å². The highest BCUT2D eigenvalue weighted by Crippen LogP contribution is 2.25. The Kier molecular flexibility index (Phi) is 8.24. The smallest absolute Gasteiger partial charge is 0.255 e. The Balaban J connectivity index is 1.41. The molecular formula is C31H31NO4. The molecule has 0 radical (unpaired) electrons. The maximum absolute atomic E-state index is 13.0. The lowest BCUT2D eigenvalue weighted by molar-refractivity contribution is 0.102. The highest BCUT2D eigenvalue weighted by atomic mass is 16.5. The van der Waals surface area contributed by atoms with Crippen molar-refractivity contribution >= 4 is 11.6 Å². The summed E-state index contributed by atoms with van der Waals surface area (Å²) in [6.45, 7) is 7.33. The lowest BCUT2D eigenvalue weighted by Gasteiger charge is -2.14. The quantitative estimate of drug-likeness (QED) is 0.262. The number of hydrogen-bond donors (Lipinski definition) is 1. The third-order valence-corrected chi connectivity index (χ3v) is 5.57. The van der Waals surface area contributed by atoms with Crippen LogP contribution in [0, 0.1) is 13.8 Å². The largest absolute Gasteiger partial charge is 0.493 e. The van der Waals surface area contributed by atoms with Gasteiger partial charge >= 0.3 is 0 Å². The predicted octanol–water partition coefficient (Wildman–Crippen LogP) is 7.11. The first kappa shape index (κ1) is 24.9. The highest BCUT2D eigenvalue weighted by Gasteiger charge is 2.12. The van der Waals surface area contributed by atoms with Crippen molar-refractivity contribution in [1.82, 2.24) is 0 Å². The van der Waals surface area contributed by atoms with Crippen LogP contribution in [0.2, 0.25) is 0 Å². The van der Waals surface area contributed by atoms with Gasteiger partial charge < -0.3 is 19.5 Å². The molecule has 4 aromatic carbocycles. The number of carbonyl (C=O) groups excluding carboxylic acids is 1. The molecule has 5 nitrogen and oxygen atoms in total. The summed E-state index contributed by atoms with van der Waals surface area (Å²) in [4.78, 5) is 13.0. The molecule has 0 atom stereocenters. The standard InChI is InChI=1S/C31H31NO4/c1-4-34-30-15-10-25(19-26(30)21-36-29-17-22(2)16-23(3)18-29)31(33)32-27-11-13-28(14-12-27)35-20-24-8-6-5-7-9-24/h5-19H,4,20-21H2,1-3H3,(H,32,33). The minimum absolute atomic E-state index is 0.205. The van der Waals surface area contributed by atoms with Crippen molar-refractivity contribution in [2.45, 2.75) is 34.0 Å². The lowest BCUT2D eigenvalue weighted by Crippen LogP contribution is -2.13. The van der Waals surface area contributed by atoms with E-state index in [1.165, 1.54) is 0 Å². The molecule has 184 valence electrons. The Morgan fingerprint density at radius 1 is 0.722 bits per heavy atom. The molecule has 4 aromatic rings. The Morgan fingerprint density at radius 2 is 1.42 bits per heavy atom. The van der Waals surface area contributed by atoms with E-state index in [4.69, 9.17) is 14.2 Å². The van der Waals surface area contributed by atoms with E-state index in [1.807, 2.05) is 99.6 Å². The zero-order valence-electron chi connectivity index (χ0n) is 20.9. The van der Waals surface area contributed by atoms with E-state index in [9.17, 15) is 4.79 Å². The third kappa shape index (κ3) is 6.89. The maximum Gasteiger partial charge on any atom is 0.255 e. The molecule has 0 bridgehead atoms. The van der Waals surface area contributed by atoms with Crippen LogP contribution in [0.4, 0.5) is 5.69 Å². The summed E-state index contributed by atoms with van der Waals surface area (Å²) in [7, 11) is 0. The summed E-state index contributed by atoms with van der Waals surface area (Å²) in [5, 5.41) is 2.95. The molecule has 4 rings (SSSR count). The molecule has 0 aliphatic carbocycles. The summed E-state index contributed by atoms with van der Waals surface area (Å²) in [6.07, 6.45) is 0. The van der Waals surface area contributed by atoms with Crippen LogP contribution in [0.1, 0.15) is 39.5 Å². The van der Waals surface area contributed by atoms with Gasteiger partial charge in [-0.2, -0.15) is 0 Å². The van der Waals surface area contributed by atoms with Gasteiger partial charge in [-0.05, 0) is 92.1 Å². The van der Waals surface area contributed by atoms with Crippen molar-refractivity contribution in [3.05, 3.63) is 119 Å². The molecule has 1 amide bonds. The summed E-state index contributed by atoms with van der Waals surface area (Å²) in [5.41, 5.74) is 5.41. The van der Waals surface area contributed by atoms with Crippen LogP contribution in [0.3, 0.4) is 0 Å². The number of amides is 1. The van der Waals surface area contributed by atoms with Crippen molar-refractivity contribution in [3.63, 3.8) is 0 Å². The molecule has 5 heteroatoms. The molecule has 0 aliphatic rings. The second-order valence-electron chi connectivity index (χ2n) is 8.62. The van der Waals surface area contributed by atoms with Gasteiger partial charge in [0, 0.05) is 16.8 Å². The monoisotopic (exact) mass is 481 g/mol. The number of anilines is 1. The fourth-order valence-corrected chi connectivity index (χ4v) is 3.89. The van der Waals surface area contributed by atoms with Crippen molar-refractivity contribution in [3.8, 4) is 17.2 Å². The first-order valence-electron chi connectivity index (χ1n) is 12.0. The number of rotatable bonds is 10. The molecule has 0 aromatic heterocycles. The second-order valence-corrected chi connectivity index (χ2v) is 8.62. The van der Waals surface area contributed by atoms with Gasteiger partial charge in [-0.3, -0.25) is 4.79 Å². The first-order valence-corrected chi connectivity index (χ1v) is 12.0. The lowest BCUT2D eigenvalue weighted by atomic mass is 10.1. The molecule has 0 fully saturated rings. The second kappa shape index (κ2) is 11.9. The van der Waals surface area contributed by atoms with Gasteiger partial charge in [0.05, 0.1) is 6.61 Å². The number of carbonyl (C=O) groups is 1. The van der Waals surface area contributed by atoms with Crippen LogP contribution in [-0.4, -0.2) is 12.5 Å². The van der Waals surface area contributed by atoms with Gasteiger partial charge in [-0.15, -0.1) is 0 Å². The number of hydrogen-bond acceptors (Lipinski definition) is 4. The Hall–Kier alpha value is -4.25. The van der Waals surface area contributed by atoms with E-state index in [0.717, 1.165) is 33.8 Å². The molecule has 0 unspecified atom stereocenters. The van der Waals surface area contributed by atoms with Crippen LogP contribution < -0.4 is 19.5 Å². The third-order valence-electron chi connectivity index (χ3n) is 5.57. The SMILES string of the molecule is CCOc1ccc(C(=O)Nc2ccc(OCc3ccccc3)cc2)cc1COc1cc(C)cc(C)c1. The van der Waals surface area contributed by atoms with E-state index in [0.29, 0.717) is 36.8 Å². The summed E-state index contributed by atoms with van der Waals surface area (Å²) in [5.74, 6) is 2.03. The summed E-state index contributed by atoms with van der Waals surface area (Å²) in [6, 6.07) is 28.8. The molecule has 36 heavy (non-hydrogen) atoms. The average Bonchev–Trinajstić information content (AvgIpc) is 2.88. The molecule has 0 spiro atoms. The number of nitrogens with one attached hydrogen (secondary N) is 1. The van der Waals surface area contributed by atoms with Gasteiger partial charge in [0.2, 0.25) is 0 Å². The fourth-order valence-electron chi connectivity index (χ4n) is 3.89. The minimum atomic E-state index is -0.205. The van der Waals surface area contributed by atoms with Gasteiger partial charge in [0.1, 0.15) is 30.5 Å². The van der Waals surface area contributed by atoms with E-state index in [-0.39, 0.29) is 5.91 Å². The molecular weight excluding hydrogens is 450 g/mol. The van der Waals surface area contributed by atoms with E-state index in [1.54, 1.807) is 6.07 Å². The number of ether oxygens (including phenoxy) is 3. The topological polar surface area (TPSA) is 56.8 Å². The van der Waals surface area contributed by atoms with Gasteiger partial charge in [0.25, 0.3) is 5.91 Å². The number of benzene rings is 4. The van der Waals surface area contributed by atoms with Crippen LogP contribution >= 0.6 is 0 Å². The zero-order chi connectivity index (χ0) is 25.3. The minimum Gasteiger partial charge on any atom is -0.493 e. The van der Waals surface area contributed by atoms with Gasteiger partial charge in [-0.25, -0.2) is 0 Å². The Morgan fingerprint density at radius 3 is 2.11 bits per heavy atom. The normalized spacial score (nSPS) is 10.5.